The van der Waals surface area contributed by atoms with E-state index in [1.54, 1.807) is 6.92 Å². The molecule has 0 aliphatic heterocycles. The van der Waals surface area contributed by atoms with E-state index in [0.717, 1.165) is 48.4 Å². The Hall–Kier alpha value is -2.82. The summed E-state index contributed by atoms with van der Waals surface area (Å²) in [6.07, 6.45) is 2.63. The second-order valence-corrected chi connectivity index (χ2v) is 7.20. The molecule has 0 radical (unpaired) electrons. The van der Waals surface area contributed by atoms with Crippen molar-refractivity contribution in [2.24, 2.45) is 0 Å². The molecule has 28 heavy (non-hydrogen) atoms. The third-order valence-corrected chi connectivity index (χ3v) is 4.96. The molecule has 0 saturated carbocycles. The van der Waals surface area contributed by atoms with Gasteiger partial charge in [-0.1, -0.05) is 18.2 Å². The van der Waals surface area contributed by atoms with Crippen LogP contribution < -0.4 is 10.1 Å². The number of imidazole rings is 1. The highest BCUT2D eigenvalue weighted by molar-refractivity contribution is 5.76. The smallest absolute Gasteiger partial charge is 0.216 e. The second kappa shape index (κ2) is 9.40. The average Bonchev–Trinajstić information content (AvgIpc) is 3.02. The number of hydrogen-bond donors (Lipinski definition) is 1. The van der Waals surface area contributed by atoms with Crippen LogP contribution in [0.4, 0.5) is 0 Å². The van der Waals surface area contributed by atoms with Crippen LogP contribution in [-0.4, -0.2) is 28.6 Å². The molecule has 0 atom stereocenters. The van der Waals surface area contributed by atoms with Gasteiger partial charge in [0.05, 0.1) is 17.6 Å². The Bertz CT molecular complexity index is 946. The Morgan fingerprint density at radius 1 is 1.11 bits per heavy atom. The topological polar surface area (TPSA) is 56.2 Å². The molecule has 1 N–H and O–H groups in total. The van der Waals surface area contributed by atoms with Crippen LogP contribution >= 0.6 is 0 Å². The summed E-state index contributed by atoms with van der Waals surface area (Å²) < 4.78 is 8.22. The van der Waals surface area contributed by atoms with Gasteiger partial charge in [0.2, 0.25) is 5.91 Å². The van der Waals surface area contributed by atoms with Crippen LogP contribution in [0.1, 0.15) is 36.7 Å². The molecular weight excluding hydrogens is 350 g/mol. The molecule has 1 heterocycles. The van der Waals surface area contributed by atoms with Gasteiger partial charge in [0, 0.05) is 26.4 Å². The number of fused-ring (bicyclic) bond motifs is 1. The van der Waals surface area contributed by atoms with Crippen LogP contribution in [0.15, 0.2) is 42.5 Å². The number of amides is 1. The number of aromatic nitrogens is 2. The number of carbonyl (C=O) groups is 1. The van der Waals surface area contributed by atoms with Crippen molar-refractivity contribution in [3.05, 3.63) is 59.4 Å². The number of carbonyl (C=O) groups excluding carboxylic acids is 1. The highest BCUT2D eigenvalue weighted by Gasteiger charge is 2.10. The number of rotatable bonds is 9. The van der Waals surface area contributed by atoms with Crippen LogP contribution in [0, 0.1) is 13.8 Å². The fourth-order valence-corrected chi connectivity index (χ4v) is 3.29. The zero-order valence-electron chi connectivity index (χ0n) is 17.0. The predicted molar refractivity (Wildman–Crippen MR) is 113 cm³/mol. The second-order valence-electron chi connectivity index (χ2n) is 7.20. The number of nitrogens with one attached hydrogen (secondary N) is 1. The molecule has 0 fully saturated rings. The number of aryl methyl sites for hydroxylation is 4. The first-order valence-electron chi connectivity index (χ1n) is 9.93. The van der Waals surface area contributed by atoms with E-state index in [-0.39, 0.29) is 5.91 Å². The lowest BCUT2D eigenvalue weighted by molar-refractivity contribution is -0.118. The lowest BCUT2D eigenvalue weighted by Gasteiger charge is -2.11. The molecule has 0 unspecified atom stereocenters. The summed E-state index contributed by atoms with van der Waals surface area (Å²) in [7, 11) is 0. The van der Waals surface area contributed by atoms with Crippen LogP contribution in [0.2, 0.25) is 0 Å². The van der Waals surface area contributed by atoms with Crippen LogP contribution in [0.25, 0.3) is 11.0 Å². The Kier molecular flexibility index (Phi) is 6.69. The zero-order chi connectivity index (χ0) is 19.9. The number of benzene rings is 2. The predicted octanol–water partition coefficient (Wildman–Crippen LogP) is 4.19. The molecule has 3 rings (SSSR count). The van der Waals surface area contributed by atoms with Crippen LogP contribution in [-0.2, 0) is 17.8 Å². The van der Waals surface area contributed by atoms with Gasteiger partial charge in [0.15, 0.2) is 0 Å². The van der Waals surface area contributed by atoms with Crippen molar-refractivity contribution in [1.29, 1.82) is 0 Å². The molecule has 0 aliphatic carbocycles. The minimum atomic E-state index is 0.0111. The summed E-state index contributed by atoms with van der Waals surface area (Å²) in [5, 5.41) is 2.85. The molecule has 148 valence electrons. The highest BCUT2D eigenvalue weighted by Crippen LogP contribution is 2.19. The normalized spacial score (nSPS) is 11.0. The maximum Gasteiger partial charge on any atom is 0.216 e. The number of para-hydroxylation sites is 2. The van der Waals surface area contributed by atoms with E-state index in [0.29, 0.717) is 13.2 Å². The quantitative estimate of drug-likeness (QED) is 0.567. The van der Waals surface area contributed by atoms with Gasteiger partial charge >= 0.3 is 0 Å². The lowest BCUT2D eigenvalue weighted by atomic mass is 10.1. The molecule has 3 aromatic rings. The Morgan fingerprint density at radius 3 is 2.71 bits per heavy atom. The van der Waals surface area contributed by atoms with Gasteiger partial charge in [-0.3, -0.25) is 4.79 Å². The van der Waals surface area contributed by atoms with Crippen molar-refractivity contribution in [2.45, 2.75) is 46.6 Å². The first-order valence-corrected chi connectivity index (χ1v) is 9.93. The molecule has 0 aliphatic rings. The van der Waals surface area contributed by atoms with Gasteiger partial charge in [-0.25, -0.2) is 4.98 Å². The zero-order valence-corrected chi connectivity index (χ0v) is 17.0. The van der Waals surface area contributed by atoms with Crippen molar-refractivity contribution in [2.75, 3.05) is 13.2 Å². The maximum atomic E-state index is 11.0. The van der Waals surface area contributed by atoms with Gasteiger partial charge in [-0.15, -0.1) is 0 Å². The largest absolute Gasteiger partial charge is 0.494 e. The third-order valence-electron chi connectivity index (χ3n) is 4.96. The SMILES string of the molecule is CC(=O)NCCCc1nc2ccccc2n1CCCOc1ccc(C)c(C)c1. The fourth-order valence-electron chi connectivity index (χ4n) is 3.29. The van der Waals surface area contributed by atoms with Crippen molar-refractivity contribution in [3.63, 3.8) is 0 Å². The molecule has 2 aromatic carbocycles. The van der Waals surface area contributed by atoms with Gasteiger partial charge < -0.3 is 14.6 Å². The van der Waals surface area contributed by atoms with Crippen molar-refractivity contribution >= 4 is 16.9 Å². The average molecular weight is 380 g/mol. The molecule has 0 saturated heterocycles. The number of ether oxygens (including phenoxy) is 1. The standard InChI is InChI=1S/C23H29N3O2/c1-17-11-12-20(16-18(17)2)28-15-7-14-26-22-9-5-4-8-21(22)25-23(26)10-6-13-24-19(3)27/h4-5,8-9,11-12,16H,6-7,10,13-15H2,1-3H3,(H,24,27). The van der Waals surface area contributed by atoms with E-state index < -0.39 is 0 Å². The van der Waals surface area contributed by atoms with Gasteiger partial charge in [-0.05, 0) is 62.1 Å². The molecule has 1 amide bonds. The van der Waals surface area contributed by atoms with E-state index in [1.807, 2.05) is 18.2 Å². The van der Waals surface area contributed by atoms with Crippen molar-refractivity contribution in [3.8, 4) is 5.75 Å². The van der Waals surface area contributed by atoms with Crippen LogP contribution in [0.5, 0.6) is 5.75 Å². The van der Waals surface area contributed by atoms with E-state index in [1.165, 1.54) is 11.1 Å². The van der Waals surface area contributed by atoms with Crippen molar-refractivity contribution in [1.82, 2.24) is 14.9 Å². The summed E-state index contributed by atoms with van der Waals surface area (Å²) in [6.45, 7) is 7.96. The summed E-state index contributed by atoms with van der Waals surface area (Å²) in [6, 6.07) is 14.5. The van der Waals surface area contributed by atoms with Crippen molar-refractivity contribution < 1.29 is 9.53 Å². The molecule has 1 aromatic heterocycles. The summed E-state index contributed by atoms with van der Waals surface area (Å²) in [4.78, 5) is 15.8. The molecule has 5 nitrogen and oxygen atoms in total. The maximum absolute atomic E-state index is 11.0. The molecule has 5 heteroatoms. The summed E-state index contributed by atoms with van der Waals surface area (Å²) in [5.74, 6) is 2.00. The van der Waals surface area contributed by atoms with Gasteiger partial charge in [0.1, 0.15) is 11.6 Å². The first kappa shape index (κ1) is 19.9. The molecular formula is C23H29N3O2. The number of nitrogens with zero attached hydrogens (tertiary/aromatic N) is 2. The molecule has 0 bridgehead atoms. The van der Waals surface area contributed by atoms with E-state index in [9.17, 15) is 4.79 Å². The Balaban J connectivity index is 1.61. The monoisotopic (exact) mass is 379 g/mol. The van der Waals surface area contributed by atoms with Crippen LogP contribution in [0.3, 0.4) is 0 Å². The van der Waals surface area contributed by atoms with E-state index >= 15 is 0 Å². The number of hydrogen-bond acceptors (Lipinski definition) is 3. The fraction of sp³-hybridized carbons (Fsp3) is 0.391. The van der Waals surface area contributed by atoms with E-state index in [4.69, 9.17) is 9.72 Å². The van der Waals surface area contributed by atoms with Gasteiger partial charge in [-0.2, -0.15) is 0 Å². The first-order chi connectivity index (χ1) is 13.5. The summed E-state index contributed by atoms with van der Waals surface area (Å²) in [5.41, 5.74) is 4.70. The summed E-state index contributed by atoms with van der Waals surface area (Å²) >= 11 is 0. The molecule has 0 spiro atoms. The Morgan fingerprint density at radius 2 is 1.93 bits per heavy atom. The third kappa shape index (κ3) is 5.12. The van der Waals surface area contributed by atoms with E-state index in [2.05, 4.69) is 48.0 Å². The highest BCUT2D eigenvalue weighted by atomic mass is 16.5. The van der Waals surface area contributed by atoms with Gasteiger partial charge in [0.25, 0.3) is 0 Å². The minimum absolute atomic E-state index is 0.0111. The Labute approximate surface area is 166 Å². The lowest BCUT2D eigenvalue weighted by Crippen LogP contribution is -2.21. The minimum Gasteiger partial charge on any atom is -0.494 e.